The lowest BCUT2D eigenvalue weighted by atomic mass is 10.1. The molecular weight excluding hydrogens is 313 g/mol. The first-order valence-corrected chi connectivity index (χ1v) is 6.07. The van der Waals surface area contributed by atoms with Crippen LogP contribution < -0.4 is 4.74 Å². The van der Waals surface area contributed by atoms with Crippen molar-refractivity contribution in [1.29, 1.82) is 5.26 Å². The minimum absolute atomic E-state index is 0.232. The van der Waals surface area contributed by atoms with Gasteiger partial charge in [0.25, 0.3) is 0 Å². The molecule has 5 heteroatoms. The van der Waals surface area contributed by atoms with E-state index >= 15 is 0 Å². The third kappa shape index (κ3) is 3.18. The average molecular weight is 320 g/mol. The van der Waals surface area contributed by atoms with E-state index in [4.69, 9.17) is 10.00 Å². The van der Waals surface area contributed by atoms with Gasteiger partial charge in [-0.3, -0.25) is 0 Å². The van der Waals surface area contributed by atoms with Crippen molar-refractivity contribution in [2.45, 2.75) is 0 Å². The molecule has 0 aliphatic carbocycles. The lowest BCUT2D eigenvalue weighted by molar-refractivity contribution is 0.0733. The maximum Gasteiger partial charge on any atom is 0.343 e. The number of rotatable bonds is 2. The highest BCUT2D eigenvalue weighted by atomic mass is 79.9. The molecule has 0 amide bonds. The van der Waals surface area contributed by atoms with Crippen LogP contribution in [0, 0.1) is 17.1 Å². The Balaban J connectivity index is 2.18. The van der Waals surface area contributed by atoms with Crippen molar-refractivity contribution in [3.63, 3.8) is 0 Å². The van der Waals surface area contributed by atoms with Crippen molar-refractivity contribution in [1.82, 2.24) is 0 Å². The molecule has 19 heavy (non-hydrogen) atoms. The van der Waals surface area contributed by atoms with Gasteiger partial charge in [0, 0.05) is 0 Å². The summed E-state index contributed by atoms with van der Waals surface area (Å²) in [6, 6.07) is 11.8. The van der Waals surface area contributed by atoms with Crippen molar-refractivity contribution in [3.8, 4) is 11.8 Å². The molecule has 0 radical (unpaired) electrons. The maximum absolute atomic E-state index is 12.9. The number of hydrogen-bond acceptors (Lipinski definition) is 3. The Kier molecular flexibility index (Phi) is 3.93. The average Bonchev–Trinajstić information content (AvgIpc) is 2.42. The molecule has 0 heterocycles. The van der Waals surface area contributed by atoms with E-state index in [9.17, 15) is 9.18 Å². The normalized spacial score (nSPS) is 9.74. The zero-order valence-corrected chi connectivity index (χ0v) is 11.1. The van der Waals surface area contributed by atoms with E-state index in [1.165, 1.54) is 42.5 Å². The molecule has 0 aliphatic heterocycles. The van der Waals surface area contributed by atoms with Crippen molar-refractivity contribution < 1.29 is 13.9 Å². The molecule has 2 aromatic rings. The second-order valence-electron chi connectivity index (χ2n) is 3.65. The zero-order chi connectivity index (χ0) is 13.8. The molecule has 0 aliphatic rings. The van der Waals surface area contributed by atoms with Crippen LogP contribution in [0.25, 0.3) is 0 Å². The molecule has 0 saturated heterocycles. The van der Waals surface area contributed by atoms with E-state index < -0.39 is 11.8 Å². The number of ether oxygens (including phenoxy) is 1. The number of carbonyl (C=O) groups is 1. The summed E-state index contributed by atoms with van der Waals surface area (Å²) in [4.78, 5) is 11.8. The van der Waals surface area contributed by atoms with E-state index in [0.29, 0.717) is 15.6 Å². The minimum atomic E-state index is -0.572. The van der Waals surface area contributed by atoms with Crippen molar-refractivity contribution in [3.05, 3.63) is 63.9 Å². The predicted molar refractivity (Wildman–Crippen MR) is 70.2 cm³/mol. The number of nitriles is 1. The molecule has 0 spiro atoms. The van der Waals surface area contributed by atoms with Gasteiger partial charge >= 0.3 is 5.97 Å². The van der Waals surface area contributed by atoms with Gasteiger partial charge < -0.3 is 4.74 Å². The second-order valence-corrected chi connectivity index (χ2v) is 4.51. The predicted octanol–water partition coefficient (Wildman–Crippen LogP) is 3.68. The van der Waals surface area contributed by atoms with Crippen LogP contribution in [-0.4, -0.2) is 5.97 Å². The number of halogens is 2. The van der Waals surface area contributed by atoms with Gasteiger partial charge in [0.15, 0.2) is 0 Å². The van der Waals surface area contributed by atoms with Gasteiger partial charge in [0.05, 0.1) is 21.7 Å². The molecule has 0 unspecified atom stereocenters. The summed E-state index contributed by atoms with van der Waals surface area (Å²) < 4.78 is 18.4. The van der Waals surface area contributed by atoms with Crippen LogP contribution in [-0.2, 0) is 0 Å². The molecule has 0 bridgehead atoms. The first kappa shape index (κ1) is 13.2. The molecular formula is C14H7BrFNO2. The van der Waals surface area contributed by atoms with Crippen LogP contribution in [0.2, 0.25) is 0 Å². The van der Waals surface area contributed by atoms with Gasteiger partial charge in [-0.1, -0.05) is 0 Å². The van der Waals surface area contributed by atoms with E-state index in [1.54, 1.807) is 0 Å². The third-order valence-electron chi connectivity index (χ3n) is 2.35. The number of carbonyl (C=O) groups excluding carboxylic acids is 1. The summed E-state index contributed by atoms with van der Waals surface area (Å²) in [5.41, 5.74) is 0.773. The smallest absolute Gasteiger partial charge is 0.343 e. The fourth-order valence-corrected chi connectivity index (χ4v) is 1.83. The molecule has 0 fully saturated rings. The zero-order valence-electron chi connectivity index (χ0n) is 9.56. The third-order valence-corrected chi connectivity index (χ3v) is 2.97. The van der Waals surface area contributed by atoms with Crippen LogP contribution in [0.4, 0.5) is 4.39 Å². The molecule has 0 aromatic heterocycles. The van der Waals surface area contributed by atoms with Crippen molar-refractivity contribution >= 4 is 21.9 Å². The van der Waals surface area contributed by atoms with Crippen LogP contribution in [0.15, 0.2) is 46.9 Å². The maximum atomic E-state index is 12.9. The molecule has 0 atom stereocenters. The summed E-state index contributed by atoms with van der Waals surface area (Å²) in [6.07, 6.45) is 0. The standard InChI is InChI=1S/C14H7BrFNO2/c15-12-7-11(16)5-6-13(12)19-14(18)10-3-1-9(8-17)2-4-10/h1-7H. The van der Waals surface area contributed by atoms with Gasteiger partial charge in [-0.25, -0.2) is 9.18 Å². The Bertz CT molecular complexity index is 662. The monoisotopic (exact) mass is 319 g/mol. The summed E-state index contributed by atoms with van der Waals surface area (Å²) in [7, 11) is 0. The van der Waals surface area contributed by atoms with Crippen LogP contribution in [0.5, 0.6) is 5.75 Å². The molecule has 2 aromatic carbocycles. The number of hydrogen-bond donors (Lipinski definition) is 0. The first-order chi connectivity index (χ1) is 9.10. The number of esters is 1. The molecule has 0 saturated carbocycles. The van der Waals surface area contributed by atoms with Crippen LogP contribution >= 0.6 is 15.9 Å². The van der Waals surface area contributed by atoms with Gasteiger partial charge in [0.1, 0.15) is 11.6 Å². The lowest BCUT2D eigenvalue weighted by Gasteiger charge is -2.06. The van der Waals surface area contributed by atoms with E-state index in [-0.39, 0.29) is 5.75 Å². The summed E-state index contributed by atoms with van der Waals surface area (Å²) in [5.74, 6) is -0.766. The van der Waals surface area contributed by atoms with Crippen LogP contribution in [0.3, 0.4) is 0 Å². The van der Waals surface area contributed by atoms with Crippen LogP contribution in [0.1, 0.15) is 15.9 Å². The first-order valence-electron chi connectivity index (χ1n) is 5.27. The molecule has 0 N–H and O–H groups in total. The number of nitrogens with zero attached hydrogens (tertiary/aromatic N) is 1. The SMILES string of the molecule is N#Cc1ccc(C(=O)Oc2ccc(F)cc2Br)cc1. The van der Waals surface area contributed by atoms with Gasteiger partial charge in [-0.2, -0.15) is 5.26 Å². The van der Waals surface area contributed by atoms with Gasteiger partial charge in [0.2, 0.25) is 0 Å². The largest absolute Gasteiger partial charge is 0.422 e. The minimum Gasteiger partial charge on any atom is -0.422 e. The quantitative estimate of drug-likeness (QED) is 0.626. The molecule has 94 valence electrons. The highest BCUT2D eigenvalue weighted by Crippen LogP contribution is 2.26. The van der Waals surface area contributed by atoms with E-state index in [0.717, 1.165) is 0 Å². The number of benzene rings is 2. The van der Waals surface area contributed by atoms with Gasteiger partial charge in [-0.15, -0.1) is 0 Å². The Morgan fingerprint density at radius 1 is 1.21 bits per heavy atom. The van der Waals surface area contributed by atoms with E-state index in [2.05, 4.69) is 15.9 Å². The Morgan fingerprint density at radius 3 is 2.47 bits per heavy atom. The van der Waals surface area contributed by atoms with Crippen molar-refractivity contribution in [2.75, 3.05) is 0 Å². The van der Waals surface area contributed by atoms with Gasteiger partial charge in [-0.05, 0) is 58.4 Å². The van der Waals surface area contributed by atoms with Crippen molar-refractivity contribution in [2.24, 2.45) is 0 Å². The molecule has 2 rings (SSSR count). The summed E-state index contributed by atoms with van der Waals surface area (Å²) in [6.45, 7) is 0. The van der Waals surface area contributed by atoms with E-state index in [1.807, 2.05) is 6.07 Å². The Morgan fingerprint density at radius 2 is 1.89 bits per heavy atom. The summed E-state index contributed by atoms with van der Waals surface area (Å²) in [5, 5.41) is 8.66. The fourth-order valence-electron chi connectivity index (χ4n) is 1.40. The topological polar surface area (TPSA) is 50.1 Å². The highest BCUT2D eigenvalue weighted by Gasteiger charge is 2.11. The summed E-state index contributed by atoms with van der Waals surface area (Å²) >= 11 is 3.11. The molecule has 3 nitrogen and oxygen atoms in total. The fraction of sp³-hybridized carbons (Fsp3) is 0. The Labute approximate surface area is 117 Å². The lowest BCUT2D eigenvalue weighted by Crippen LogP contribution is -2.08. The highest BCUT2D eigenvalue weighted by molar-refractivity contribution is 9.10. The second kappa shape index (κ2) is 5.63. The Hall–Kier alpha value is -2.19.